The summed E-state index contributed by atoms with van der Waals surface area (Å²) in [6.45, 7) is 2.14. The van der Waals surface area contributed by atoms with E-state index in [4.69, 9.17) is 14.8 Å². The predicted octanol–water partition coefficient (Wildman–Crippen LogP) is 1.11. The average molecular weight is 445 g/mol. The largest absolute Gasteiger partial charge is 0.468 e. The first-order chi connectivity index (χ1) is 13.8. The normalized spacial score (nSPS) is 17.1. The summed E-state index contributed by atoms with van der Waals surface area (Å²) >= 11 is 0. The lowest BCUT2D eigenvalue weighted by molar-refractivity contribution is -0.142. The van der Waals surface area contributed by atoms with Crippen molar-refractivity contribution in [3.63, 3.8) is 0 Å². The van der Waals surface area contributed by atoms with Crippen molar-refractivity contribution >= 4 is 45.9 Å². The van der Waals surface area contributed by atoms with Gasteiger partial charge in [0, 0.05) is 22.1 Å². The summed E-state index contributed by atoms with van der Waals surface area (Å²) in [4.78, 5) is 24.4. The van der Waals surface area contributed by atoms with Crippen LogP contribution in [0, 0.1) is 0 Å². The van der Waals surface area contributed by atoms with E-state index in [1.54, 1.807) is 10.9 Å². The number of carbonyl (C=O) groups excluding carboxylic acids is 1. The van der Waals surface area contributed by atoms with Crippen LogP contribution in [-0.4, -0.2) is 57.6 Å². The highest BCUT2D eigenvalue weighted by molar-refractivity contribution is 7.60. The first-order valence-corrected chi connectivity index (χ1v) is 11.3. The second-order valence-electron chi connectivity index (χ2n) is 6.65. The highest BCUT2D eigenvalue weighted by Crippen LogP contribution is 2.45. The van der Waals surface area contributed by atoms with Gasteiger partial charge < -0.3 is 25.1 Å². The predicted molar refractivity (Wildman–Crippen MR) is 110 cm³/mol. The van der Waals surface area contributed by atoms with Crippen molar-refractivity contribution in [3.8, 4) is 0 Å². The number of nitrogen functional groups attached to an aromatic ring is 1. The molecule has 1 fully saturated rings. The minimum absolute atomic E-state index is 0.158. The van der Waals surface area contributed by atoms with Crippen LogP contribution >= 0.6 is 17.0 Å². The topological polar surface area (TPSA) is 156 Å². The third-order valence-corrected chi connectivity index (χ3v) is 6.92. The van der Waals surface area contributed by atoms with Crippen LogP contribution in [0.25, 0.3) is 11.2 Å². The minimum atomic E-state index is -3.39. The van der Waals surface area contributed by atoms with Gasteiger partial charge in [0.15, 0.2) is 17.0 Å². The Hall–Kier alpha value is -1.84. The molecule has 1 aliphatic carbocycles. The molecule has 0 amide bonds. The fourth-order valence-corrected chi connectivity index (χ4v) is 4.24. The molecular formula is C15H25N7O5P2. The van der Waals surface area contributed by atoms with Crippen molar-refractivity contribution in [2.45, 2.75) is 38.4 Å². The minimum Gasteiger partial charge on any atom is -0.468 e. The van der Waals surface area contributed by atoms with Crippen molar-refractivity contribution < 1.29 is 23.1 Å². The number of fused-ring (bicyclic) bond motifs is 1. The Morgan fingerprint density at radius 1 is 1.48 bits per heavy atom. The van der Waals surface area contributed by atoms with E-state index in [1.165, 1.54) is 14.0 Å². The summed E-state index contributed by atoms with van der Waals surface area (Å²) < 4.78 is 29.5. The second kappa shape index (κ2) is 9.32. The number of nitrogens with two attached hydrogens (primary N) is 1. The lowest BCUT2D eigenvalue weighted by atomic mass is 10.4. The second-order valence-corrected chi connectivity index (χ2v) is 9.36. The zero-order chi connectivity index (χ0) is 21.0. The van der Waals surface area contributed by atoms with Crippen LogP contribution < -0.4 is 16.1 Å². The van der Waals surface area contributed by atoms with Crippen LogP contribution in [0.3, 0.4) is 0 Å². The van der Waals surface area contributed by atoms with Gasteiger partial charge in [0.05, 0.1) is 20.0 Å². The van der Waals surface area contributed by atoms with Crippen molar-refractivity contribution in [1.29, 1.82) is 0 Å². The fraction of sp³-hybridized carbons (Fsp3) is 0.600. The van der Waals surface area contributed by atoms with Gasteiger partial charge >= 0.3 is 5.97 Å². The van der Waals surface area contributed by atoms with Gasteiger partial charge in [-0.25, -0.2) is 10.1 Å². The number of hydrogen-bond donors (Lipinski definition) is 3. The SMILES string of the molecule is COC(=O)[C@H](C)NP(=O)(COCCn1cnc2c(NC3CC3)nc(N)nc21)OP. The third kappa shape index (κ3) is 5.61. The zero-order valence-corrected chi connectivity index (χ0v) is 18.2. The van der Waals surface area contributed by atoms with Crippen molar-refractivity contribution in [2.75, 3.05) is 31.1 Å². The molecule has 0 saturated heterocycles. The standard InChI is InChI=1S/C15H25N7O5P2/c1-9(14(23)25-2)21-29(24,27-28)8-26-6-5-22-7-17-11-12(18-10-3-4-10)19-15(16)20-13(11)22/h7,9-10H,3-6,8,28H2,1-2H3,(H,21,24)(H3,16,18,19,20)/t9-,29?/m0/s1. The Morgan fingerprint density at radius 3 is 2.90 bits per heavy atom. The van der Waals surface area contributed by atoms with Gasteiger partial charge in [-0.3, -0.25) is 13.7 Å². The van der Waals surface area contributed by atoms with E-state index in [9.17, 15) is 9.36 Å². The van der Waals surface area contributed by atoms with Gasteiger partial charge in [0.25, 0.3) is 7.52 Å². The molecule has 3 rings (SSSR count). The number of anilines is 2. The fourth-order valence-electron chi connectivity index (χ4n) is 2.62. The Balaban J connectivity index is 1.58. The molecule has 2 aromatic rings. The van der Waals surface area contributed by atoms with E-state index in [1.807, 2.05) is 9.47 Å². The molecule has 14 heteroatoms. The molecule has 0 aromatic carbocycles. The van der Waals surface area contributed by atoms with E-state index < -0.39 is 19.5 Å². The molecule has 29 heavy (non-hydrogen) atoms. The summed E-state index contributed by atoms with van der Waals surface area (Å²) in [5.41, 5.74) is 7.05. The maximum atomic E-state index is 12.6. The first-order valence-electron chi connectivity index (χ1n) is 9.01. The average Bonchev–Trinajstić information content (AvgIpc) is 3.42. The maximum absolute atomic E-state index is 12.6. The molecule has 0 radical (unpaired) electrons. The van der Waals surface area contributed by atoms with Crippen LogP contribution in [0.5, 0.6) is 0 Å². The van der Waals surface area contributed by atoms with Crippen molar-refractivity contribution in [3.05, 3.63) is 6.33 Å². The van der Waals surface area contributed by atoms with Crippen molar-refractivity contribution in [1.82, 2.24) is 24.6 Å². The van der Waals surface area contributed by atoms with E-state index >= 15 is 0 Å². The lowest BCUT2D eigenvalue weighted by Gasteiger charge is -2.20. The monoisotopic (exact) mass is 445 g/mol. The summed E-state index contributed by atoms with van der Waals surface area (Å²) in [6, 6.07) is -0.397. The van der Waals surface area contributed by atoms with Crippen LogP contribution in [0.2, 0.25) is 0 Å². The smallest absolute Gasteiger partial charge is 0.323 e. The van der Waals surface area contributed by atoms with Gasteiger partial charge in [0.1, 0.15) is 12.4 Å². The number of imidazole rings is 1. The highest BCUT2D eigenvalue weighted by atomic mass is 31.2. The molecule has 3 atom stereocenters. The number of carbonyl (C=O) groups is 1. The van der Waals surface area contributed by atoms with Gasteiger partial charge in [-0.15, -0.1) is 0 Å². The number of methoxy groups -OCH3 is 1. The molecule has 2 heterocycles. The number of hydrogen-bond acceptors (Lipinski definition) is 10. The molecule has 0 bridgehead atoms. The third-order valence-electron chi connectivity index (χ3n) is 4.25. The first kappa shape index (κ1) is 21.9. The summed E-state index contributed by atoms with van der Waals surface area (Å²) in [5, 5.41) is 5.90. The quantitative estimate of drug-likeness (QED) is 0.259. The molecular weight excluding hydrogens is 420 g/mol. The van der Waals surface area contributed by atoms with Gasteiger partial charge in [-0.1, -0.05) is 0 Å². The molecule has 0 aliphatic heterocycles. The molecule has 2 unspecified atom stereocenters. The lowest BCUT2D eigenvalue weighted by Crippen LogP contribution is -2.33. The van der Waals surface area contributed by atoms with Gasteiger partial charge in [-0.2, -0.15) is 9.97 Å². The summed E-state index contributed by atoms with van der Waals surface area (Å²) in [6.07, 6.45) is 3.60. The Labute approximate surface area is 170 Å². The maximum Gasteiger partial charge on any atom is 0.323 e. The highest BCUT2D eigenvalue weighted by Gasteiger charge is 2.28. The Kier molecular flexibility index (Phi) is 7.02. The van der Waals surface area contributed by atoms with Gasteiger partial charge in [0.2, 0.25) is 5.95 Å². The van der Waals surface area contributed by atoms with Crippen LogP contribution in [0.1, 0.15) is 19.8 Å². The summed E-state index contributed by atoms with van der Waals surface area (Å²) in [5.74, 6) is 0.229. The van der Waals surface area contributed by atoms with E-state index in [0.717, 1.165) is 12.8 Å². The number of nitrogens with one attached hydrogen (secondary N) is 2. The van der Waals surface area contributed by atoms with E-state index in [0.29, 0.717) is 29.6 Å². The zero-order valence-electron chi connectivity index (χ0n) is 16.2. The molecule has 2 aromatic heterocycles. The summed E-state index contributed by atoms with van der Waals surface area (Å²) in [7, 11) is -0.215. The number of esters is 1. The van der Waals surface area contributed by atoms with E-state index in [2.05, 4.69) is 30.1 Å². The van der Waals surface area contributed by atoms with Gasteiger partial charge in [-0.05, 0) is 19.8 Å². The molecule has 160 valence electrons. The van der Waals surface area contributed by atoms with Crippen LogP contribution in [0.15, 0.2) is 6.33 Å². The number of ether oxygens (including phenoxy) is 2. The molecule has 0 spiro atoms. The number of nitrogens with zero attached hydrogens (tertiary/aromatic N) is 4. The Morgan fingerprint density at radius 2 is 2.24 bits per heavy atom. The number of rotatable bonds is 11. The molecule has 4 N–H and O–H groups in total. The van der Waals surface area contributed by atoms with Crippen LogP contribution in [-0.2, 0) is 29.7 Å². The number of aromatic nitrogens is 4. The van der Waals surface area contributed by atoms with Crippen LogP contribution in [0.4, 0.5) is 11.8 Å². The van der Waals surface area contributed by atoms with Crippen molar-refractivity contribution in [2.24, 2.45) is 0 Å². The molecule has 12 nitrogen and oxygen atoms in total. The van der Waals surface area contributed by atoms with E-state index in [-0.39, 0.29) is 18.9 Å². The molecule has 1 aliphatic rings. The Bertz CT molecular complexity index is 920. The molecule has 1 saturated carbocycles.